The number of methoxy groups -OCH3 is 1. The predicted octanol–water partition coefficient (Wildman–Crippen LogP) is 4.79. The van der Waals surface area contributed by atoms with Gasteiger partial charge < -0.3 is 14.2 Å². The number of carbonyl (C=O) groups is 3. The summed E-state index contributed by atoms with van der Waals surface area (Å²) in [6.07, 6.45) is 8.01. The molecule has 0 aromatic rings. The summed E-state index contributed by atoms with van der Waals surface area (Å²) in [6.45, 7) is 8.47. The summed E-state index contributed by atoms with van der Waals surface area (Å²) >= 11 is 0. The molecule has 4 aliphatic carbocycles. The molecule has 3 saturated carbocycles. The first kappa shape index (κ1) is 24.2. The Hall–Kier alpha value is -1.53. The summed E-state index contributed by atoms with van der Waals surface area (Å²) in [5.74, 6) is 0.658. The van der Waals surface area contributed by atoms with Gasteiger partial charge in [0.15, 0.2) is 11.6 Å². The zero-order valence-electron chi connectivity index (χ0n) is 21.4. The molecule has 0 N–H and O–H groups in total. The van der Waals surface area contributed by atoms with Crippen LogP contribution in [0.15, 0.2) is 11.6 Å². The normalized spacial score (nSPS) is 44.4. The number of allylic oxidation sites excluding steroid dienone is 1. The third-order valence-corrected chi connectivity index (χ3v) is 10.6. The molecule has 6 heteroatoms. The first-order valence-corrected chi connectivity index (χ1v) is 13.2. The van der Waals surface area contributed by atoms with E-state index >= 15 is 0 Å². The highest BCUT2D eigenvalue weighted by atomic mass is 16.7. The summed E-state index contributed by atoms with van der Waals surface area (Å²) in [5, 5.41) is 0. The number of fused-ring (bicyclic) bond motifs is 6. The van der Waals surface area contributed by atoms with Crippen molar-refractivity contribution in [2.24, 2.45) is 34.5 Å². The Kier molecular flexibility index (Phi) is 5.87. The molecular formula is C28H40O6. The second-order valence-electron chi connectivity index (χ2n) is 12.3. The molecule has 1 saturated heterocycles. The van der Waals surface area contributed by atoms with E-state index < -0.39 is 6.29 Å². The Bertz CT molecular complexity index is 922. The molecular weight excluding hydrogens is 432 g/mol. The largest absolute Gasteiger partial charge is 0.458 e. The van der Waals surface area contributed by atoms with Crippen molar-refractivity contribution in [2.75, 3.05) is 7.11 Å². The molecule has 1 spiro atoms. The van der Waals surface area contributed by atoms with Gasteiger partial charge in [0.25, 0.3) is 0 Å². The number of carbonyl (C=O) groups excluding carboxylic acids is 3. The number of Topliss-reactive ketones (excluding diaryl/α,β-unsaturated/α-hetero) is 1. The van der Waals surface area contributed by atoms with E-state index in [1.807, 2.05) is 19.9 Å². The van der Waals surface area contributed by atoms with Gasteiger partial charge in [-0.05, 0) is 88.0 Å². The molecule has 5 rings (SSSR count). The Morgan fingerprint density at radius 3 is 2.44 bits per heavy atom. The van der Waals surface area contributed by atoms with Crippen LogP contribution in [-0.2, 0) is 28.6 Å². The lowest BCUT2D eigenvalue weighted by Crippen LogP contribution is -2.58. The van der Waals surface area contributed by atoms with E-state index in [0.717, 1.165) is 44.1 Å². The smallest absolute Gasteiger partial charge is 0.306 e. The van der Waals surface area contributed by atoms with Crippen molar-refractivity contribution in [3.05, 3.63) is 11.6 Å². The van der Waals surface area contributed by atoms with Gasteiger partial charge in [-0.3, -0.25) is 14.4 Å². The van der Waals surface area contributed by atoms with Gasteiger partial charge in [0.2, 0.25) is 6.29 Å². The van der Waals surface area contributed by atoms with Crippen molar-refractivity contribution >= 4 is 17.5 Å². The van der Waals surface area contributed by atoms with E-state index in [2.05, 4.69) is 13.8 Å². The molecule has 0 radical (unpaired) electrons. The number of esters is 1. The van der Waals surface area contributed by atoms with Gasteiger partial charge in [-0.25, -0.2) is 0 Å². The monoisotopic (exact) mass is 472 g/mol. The fraction of sp³-hybridized carbons (Fsp3) is 0.821. The van der Waals surface area contributed by atoms with Crippen LogP contribution in [0, 0.1) is 34.5 Å². The highest BCUT2D eigenvalue weighted by Crippen LogP contribution is 2.70. The second-order valence-corrected chi connectivity index (χ2v) is 12.3. The molecule has 1 aliphatic heterocycles. The highest BCUT2D eigenvalue weighted by molar-refractivity contribution is 5.92. The predicted molar refractivity (Wildman–Crippen MR) is 126 cm³/mol. The average molecular weight is 473 g/mol. The first-order valence-electron chi connectivity index (χ1n) is 13.2. The molecule has 0 bridgehead atoms. The van der Waals surface area contributed by atoms with Gasteiger partial charge in [0.1, 0.15) is 5.60 Å². The van der Waals surface area contributed by atoms with Crippen LogP contribution < -0.4 is 0 Å². The maximum atomic E-state index is 14.0. The summed E-state index contributed by atoms with van der Waals surface area (Å²) in [6, 6.07) is 0. The standard InChI is InChI=1S/C28H40O6/c1-16(2)33-25(32-5)24(31)19-15-17-14-18(29)6-10-26(17,3)20-7-11-27(4)21(23(19)20)8-12-28(27)13-9-22(30)34-28/h14,16,19-21,23,25H,6-13,15H2,1-5H3/t19-,20?,21+,23-,25?,26+,27+,28-/m1/s1. The summed E-state index contributed by atoms with van der Waals surface area (Å²) in [4.78, 5) is 38.6. The summed E-state index contributed by atoms with van der Waals surface area (Å²) < 4.78 is 17.5. The van der Waals surface area contributed by atoms with E-state index in [0.29, 0.717) is 31.1 Å². The topological polar surface area (TPSA) is 78.9 Å². The van der Waals surface area contributed by atoms with E-state index in [4.69, 9.17) is 14.2 Å². The van der Waals surface area contributed by atoms with Crippen molar-refractivity contribution in [3.8, 4) is 0 Å². The van der Waals surface area contributed by atoms with Crippen LogP contribution in [-0.4, -0.2) is 42.6 Å². The Morgan fingerprint density at radius 1 is 1.06 bits per heavy atom. The van der Waals surface area contributed by atoms with Crippen LogP contribution in [0.1, 0.15) is 85.5 Å². The minimum Gasteiger partial charge on any atom is -0.458 e. The van der Waals surface area contributed by atoms with Crippen molar-refractivity contribution in [1.29, 1.82) is 0 Å². The van der Waals surface area contributed by atoms with Gasteiger partial charge in [-0.1, -0.05) is 19.4 Å². The van der Waals surface area contributed by atoms with Crippen LogP contribution in [0.3, 0.4) is 0 Å². The molecule has 8 atom stereocenters. The minimum atomic E-state index is -0.900. The third-order valence-electron chi connectivity index (χ3n) is 10.6. The van der Waals surface area contributed by atoms with Gasteiger partial charge in [0.05, 0.1) is 6.10 Å². The lowest BCUT2D eigenvalue weighted by molar-refractivity contribution is -0.189. The third kappa shape index (κ3) is 3.38. The molecule has 188 valence electrons. The molecule has 5 aliphatic rings. The van der Waals surface area contributed by atoms with Crippen LogP contribution in [0.5, 0.6) is 0 Å². The van der Waals surface area contributed by atoms with E-state index in [1.165, 1.54) is 7.11 Å². The van der Waals surface area contributed by atoms with Crippen molar-refractivity contribution < 1.29 is 28.6 Å². The van der Waals surface area contributed by atoms with Crippen LogP contribution >= 0.6 is 0 Å². The van der Waals surface area contributed by atoms with E-state index in [-0.39, 0.29) is 51.9 Å². The molecule has 34 heavy (non-hydrogen) atoms. The minimum absolute atomic E-state index is 0.000731. The maximum Gasteiger partial charge on any atom is 0.306 e. The van der Waals surface area contributed by atoms with Crippen molar-refractivity contribution in [1.82, 2.24) is 0 Å². The van der Waals surface area contributed by atoms with Crippen LogP contribution in [0.4, 0.5) is 0 Å². The number of hydrogen-bond acceptors (Lipinski definition) is 6. The number of ether oxygens (including phenoxy) is 3. The van der Waals surface area contributed by atoms with Crippen LogP contribution in [0.25, 0.3) is 0 Å². The lowest BCUT2D eigenvalue weighted by atomic mass is 9.43. The molecule has 4 fully saturated rings. The number of hydrogen-bond donors (Lipinski definition) is 0. The SMILES string of the molecule is COC(OC(C)C)C(=O)[C@@H]1CC2=CC(=O)CC[C@]2(C)C2CC[C@@]3(C)[C@@H](CC[C@@]34CCC(=O)O4)[C@@H]21. The van der Waals surface area contributed by atoms with Gasteiger partial charge in [-0.2, -0.15) is 0 Å². The maximum absolute atomic E-state index is 14.0. The molecule has 0 aromatic carbocycles. The lowest BCUT2D eigenvalue weighted by Gasteiger charge is -2.61. The molecule has 6 nitrogen and oxygen atoms in total. The molecule has 0 amide bonds. The van der Waals surface area contributed by atoms with E-state index in [1.54, 1.807) is 0 Å². The first-order chi connectivity index (χ1) is 16.0. The van der Waals surface area contributed by atoms with Crippen molar-refractivity contribution in [2.45, 2.75) is 103 Å². The zero-order chi connectivity index (χ0) is 24.5. The average Bonchev–Trinajstić information content (AvgIpc) is 3.31. The fourth-order valence-electron chi connectivity index (χ4n) is 8.81. The fourth-order valence-corrected chi connectivity index (χ4v) is 8.81. The molecule has 2 unspecified atom stereocenters. The molecule has 1 heterocycles. The Balaban J connectivity index is 1.56. The van der Waals surface area contributed by atoms with Crippen molar-refractivity contribution in [3.63, 3.8) is 0 Å². The summed E-state index contributed by atoms with van der Waals surface area (Å²) in [5.41, 5.74) is 0.580. The van der Waals surface area contributed by atoms with Gasteiger partial charge >= 0.3 is 5.97 Å². The number of rotatable bonds is 5. The number of ketones is 2. The second kappa shape index (κ2) is 8.26. The Morgan fingerprint density at radius 2 is 1.79 bits per heavy atom. The summed E-state index contributed by atoms with van der Waals surface area (Å²) in [7, 11) is 1.53. The zero-order valence-corrected chi connectivity index (χ0v) is 21.4. The van der Waals surface area contributed by atoms with Gasteiger partial charge in [-0.15, -0.1) is 0 Å². The highest BCUT2D eigenvalue weighted by Gasteiger charge is 2.69. The molecule has 0 aromatic heterocycles. The van der Waals surface area contributed by atoms with E-state index in [9.17, 15) is 14.4 Å². The Labute approximate surface area is 203 Å². The van der Waals surface area contributed by atoms with Crippen LogP contribution in [0.2, 0.25) is 0 Å². The quantitative estimate of drug-likeness (QED) is 0.423. The van der Waals surface area contributed by atoms with Gasteiger partial charge in [0, 0.05) is 31.3 Å².